The molecule has 2 rings (SSSR count). The fourth-order valence-electron chi connectivity index (χ4n) is 1.98. The molecule has 86 valence electrons. The molecular weight excluding hydrogens is 198 g/mol. The second-order valence-electron chi connectivity index (χ2n) is 5.34. The van der Waals surface area contributed by atoms with Crippen LogP contribution < -0.4 is 5.73 Å². The number of pyridine rings is 1. The maximum Gasteiger partial charge on any atom is 0.118 e. The van der Waals surface area contributed by atoms with Crippen molar-refractivity contribution in [3.05, 3.63) is 35.9 Å². The summed E-state index contributed by atoms with van der Waals surface area (Å²) in [6.45, 7) is 8.50. The normalized spacial score (nSPS) is 14.3. The van der Waals surface area contributed by atoms with Gasteiger partial charge in [0, 0.05) is 17.7 Å². The molecule has 3 nitrogen and oxygen atoms in total. The van der Waals surface area contributed by atoms with Crippen molar-refractivity contribution >= 4 is 5.52 Å². The SMILES string of the molecule is CC(N)c1cccn2c(C(C)(C)C)ncc12. The minimum absolute atomic E-state index is 0.0354. The van der Waals surface area contributed by atoms with Crippen molar-refractivity contribution in [2.75, 3.05) is 0 Å². The van der Waals surface area contributed by atoms with E-state index in [2.05, 4.69) is 42.4 Å². The van der Waals surface area contributed by atoms with Crippen molar-refractivity contribution in [2.24, 2.45) is 5.73 Å². The Hall–Kier alpha value is -1.35. The Balaban J connectivity index is 2.71. The van der Waals surface area contributed by atoms with Crippen LogP contribution in [0.2, 0.25) is 0 Å². The van der Waals surface area contributed by atoms with Crippen LogP contribution in [0.3, 0.4) is 0 Å². The van der Waals surface area contributed by atoms with E-state index in [0.717, 1.165) is 16.9 Å². The standard InChI is InChI=1S/C13H19N3/c1-9(14)10-6-5-7-16-11(10)8-15-12(16)13(2,3)4/h5-9H,14H2,1-4H3. The van der Waals surface area contributed by atoms with E-state index in [1.807, 2.05) is 19.2 Å². The van der Waals surface area contributed by atoms with Gasteiger partial charge in [0.25, 0.3) is 0 Å². The molecule has 2 N–H and O–H groups in total. The summed E-state index contributed by atoms with van der Waals surface area (Å²) in [7, 11) is 0. The first kappa shape index (κ1) is 11.1. The highest BCUT2D eigenvalue weighted by molar-refractivity contribution is 5.55. The predicted molar refractivity (Wildman–Crippen MR) is 66.5 cm³/mol. The molecule has 0 fully saturated rings. The highest BCUT2D eigenvalue weighted by atomic mass is 15.0. The maximum absolute atomic E-state index is 5.96. The number of rotatable bonds is 1. The van der Waals surface area contributed by atoms with Gasteiger partial charge in [0.1, 0.15) is 5.82 Å². The zero-order valence-electron chi connectivity index (χ0n) is 10.4. The van der Waals surface area contributed by atoms with Gasteiger partial charge in [0.05, 0.1) is 11.7 Å². The summed E-state index contributed by atoms with van der Waals surface area (Å²) in [5.41, 5.74) is 8.26. The molecule has 0 aliphatic heterocycles. The summed E-state index contributed by atoms with van der Waals surface area (Å²) in [4.78, 5) is 4.52. The van der Waals surface area contributed by atoms with Crippen LogP contribution in [0, 0.1) is 0 Å². The lowest BCUT2D eigenvalue weighted by atomic mass is 9.96. The Labute approximate surface area is 96.3 Å². The predicted octanol–water partition coefficient (Wildman–Crippen LogP) is 2.65. The van der Waals surface area contributed by atoms with Gasteiger partial charge < -0.3 is 10.1 Å². The van der Waals surface area contributed by atoms with Crippen LogP contribution in [-0.2, 0) is 5.41 Å². The topological polar surface area (TPSA) is 43.3 Å². The summed E-state index contributed by atoms with van der Waals surface area (Å²) in [6, 6.07) is 4.13. The minimum Gasteiger partial charge on any atom is -0.324 e. The van der Waals surface area contributed by atoms with E-state index in [4.69, 9.17) is 5.73 Å². The number of imidazole rings is 1. The van der Waals surface area contributed by atoms with Crippen molar-refractivity contribution in [1.82, 2.24) is 9.38 Å². The quantitative estimate of drug-likeness (QED) is 0.798. The van der Waals surface area contributed by atoms with Gasteiger partial charge in [-0.25, -0.2) is 4.98 Å². The Morgan fingerprint density at radius 3 is 2.62 bits per heavy atom. The van der Waals surface area contributed by atoms with E-state index in [1.165, 1.54) is 0 Å². The first-order valence-electron chi connectivity index (χ1n) is 5.63. The molecule has 2 heterocycles. The Bertz CT molecular complexity index is 503. The third-order valence-electron chi connectivity index (χ3n) is 2.76. The van der Waals surface area contributed by atoms with E-state index in [0.29, 0.717) is 0 Å². The van der Waals surface area contributed by atoms with E-state index in [-0.39, 0.29) is 11.5 Å². The van der Waals surface area contributed by atoms with E-state index < -0.39 is 0 Å². The molecule has 0 saturated heterocycles. The van der Waals surface area contributed by atoms with Crippen LogP contribution in [0.1, 0.15) is 45.1 Å². The van der Waals surface area contributed by atoms with Gasteiger partial charge in [-0.05, 0) is 18.6 Å². The van der Waals surface area contributed by atoms with E-state index in [1.54, 1.807) is 0 Å². The van der Waals surface area contributed by atoms with E-state index >= 15 is 0 Å². The molecule has 0 aliphatic carbocycles. The van der Waals surface area contributed by atoms with Crippen molar-refractivity contribution < 1.29 is 0 Å². The summed E-state index contributed by atoms with van der Waals surface area (Å²) in [6.07, 6.45) is 3.97. The van der Waals surface area contributed by atoms with Gasteiger partial charge in [0.15, 0.2) is 0 Å². The molecule has 0 aliphatic rings. The average Bonchev–Trinajstić information content (AvgIpc) is 2.59. The molecule has 3 heteroatoms. The molecule has 0 bridgehead atoms. The number of aromatic nitrogens is 2. The third-order valence-corrected chi connectivity index (χ3v) is 2.76. The third kappa shape index (κ3) is 1.71. The summed E-state index contributed by atoms with van der Waals surface area (Å²) < 4.78 is 2.14. The zero-order valence-corrected chi connectivity index (χ0v) is 10.4. The van der Waals surface area contributed by atoms with E-state index in [9.17, 15) is 0 Å². The second-order valence-corrected chi connectivity index (χ2v) is 5.34. The summed E-state index contributed by atoms with van der Waals surface area (Å²) >= 11 is 0. The highest BCUT2D eigenvalue weighted by Gasteiger charge is 2.20. The lowest BCUT2D eigenvalue weighted by Gasteiger charge is -2.17. The number of nitrogens with zero attached hydrogens (tertiary/aromatic N) is 2. The largest absolute Gasteiger partial charge is 0.324 e. The van der Waals surface area contributed by atoms with Gasteiger partial charge in [-0.1, -0.05) is 26.8 Å². The van der Waals surface area contributed by atoms with Crippen molar-refractivity contribution in [2.45, 2.75) is 39.2 Å². The van der Waals surface area contributed by atoms with Crippen LogP contribution in [0.25, 0.3) is 5.52 Å². The Morgan fingerprint density at radius 2 is 2.06 bits per heavy atom. The molecule has 2 aromatic rings. The van der Waals surface area contributed by atoms with Crippen molar-refractivity contribution in [3.8, 4) is 0 Å². The number of hydrogen-bond acceptors (Lipinski definition) is 2. The molecule has 1 atom stereocenters. The van der Waals surface area contributed by atoms with Crippen LogP contribution in [0.15, 0.2) is 24.5 Å². The van der Waals surface area contributed by atoms with Crippen LogP contribution in [0.4, 0.5) is 0 Å². The molecule has 0 spiro atoms. The number of fused-ring (bicyclic) bond motifs is 1. The fraction of sp³-hybridized carbons (Fsp3) is 0.462. The van der Waals surface area contributed by atoms with Crippen molar-refractivity contribution in [1.29, 1.82) is 0 Å². The summed E-state index contributed by atoms with van der Waals surface area (Å²) in [5.74, 6) is 1.07. The number of hydrogen-bond donors (Lipinski definition) is 1. The molecule has 0 aromatic carbocycles. The molecule has 2 aromatic heterocycles. The molecular formula is C13H19N3. The first-order valence-corrected chi connectivity index (χ1v) is 5.63. The Morgan fingerprint density at radius 1 is 1.38 bits per heavy atom. The second kappa shape index (κ2) is 3.59. The van der Waals surface area contributed by atoms with Gasteiger partial charge in [0.2, 0.25) is 0 Å². The minimum atomic E-state index is 0.0354. The average molecular weight is 217 g/mol. The Kier molecular flexibility index (Phi) is 2.50. The van der Waals surface area contributed by atoms with Gasteiger partial charge >= 0.3 is 0 Å². The highest BCUT2D eigenvalue weighted by Crippen LogP contribution is 2.25. The molecule has 0 amide bonds. The molecule has 0 saturated carbocycles. The number of nitrogens with two attached hydrogens (primary N) is 1. The van der Waals surface area contributed by atoms with Gasteiger partial charge in [-0.2, -0.15) is 0 Å². The first-order chi connectivity index (χ1) is 7.41. The maximum atomic E-state index is 5.96. The smallest absolute Gasteiger partial charge is 0.118 e. The van der Waals surface area contributed by atoms with Crippen LogP contribution in [0.5, 0.6) is 0 Å². The van der Waals surface area contributed by atoms with Crippen LogP contribution in [-0.4, -0.2) is 9.38 Å². The van der Waals surface area contributed by atoms with Crippen LogP contribution >= 0.6 is 0 Å². The molecule has 0 radical (unpaired) electrons. The molecule has 16 heavy (non-hydrogen) atoms. The zero-order chi connectivity index (χ0) is 11.9. The lowest BCUT2D eigenvalue weighted by Crippen LogP contribution is -2.16. The molecule has 1 unspecified atom stereocenters. The van der Waals surface area contributed by atoms with Gasteiger partial charge in [-0.15, -0.1) is 0 Å². The monoisotopic (exact) mass is 217 g/mol. The lowest BCUT2D eigenvalue weighted by molar-refractivity contribution is 0.542. The van der Waals surface area contributed by atoms with Crippen molar-refractivity contribution in [3.63, 3.8) is 0 Å². The van der Waals surface area contributed by atoms with Gasteiger partial charge in [-0.3, -0.25) is 0 Å². The summed E-state index contributed by atoms with van der Waals surface area (Å²) in [5, 5.41) is 0. The fourth-order valence-corrected chi connectivity index (χ4v) is 1.98.